The highest BCUT2D eigenvalue weighted by Crippen LogP contribution is 2.11. The van der Waals surface area contributed by atoms with Gasteiger partial charge in [-0.15, -0.1) is 0 Å². The molecule has 1 unspecified atom stereocenters. The van der Waals surface area contributed by atoms with Gasteiger partial charge in [0, 0.05) is 32.0 Å². The number of carbonyl (C=O) groups excluding carboxylic acids is 1. The largest absolute Gasteiger partial charge is 0.396 e. The normalized spacial score (nSPS) is 12.5. The van der Waals surface area contributed by atoms with Gasteiger partial charge >= 0.3 is 0 Å². The topological polar surface area (TPSA) is 46.5 Å². The first-order valence-corrected chi connectivity index (χ1v) is 9.94. The number of aliphatic hydroxyl groups is 1. The fourth-order valence-electron chi connectivity index (χ4n) is 2.66. The second-order valence-corrected chi connectivity index (χ2v) is 6.75. The van der Waals surface area contributed by atoms with Crippen molar-refractivity contribution in [1.29, 1.82) is 0 Å². The van der Waals surface area contributed by atoms with E-state index < -0.39 is 0 Å². The van der Waals surface area contributed by atoms with Crippen molar-refractivity contribution in [2.45, 2.75) is 97.3 Å². The third-order valence-corrected chi connectivity index (χ3v) is 4.49. The van der Waals surface area contributed by atoms with Gasteiger partial charge in [-0.25, -0.2) is 0 Å². The number of hydrogen-bond donors (Lipinski definition) is 1. The van der Waals surface area contributed by atoms with Crippen LogP contribution >= 0.6 is 0 Å². The molecule has 0 aliphatic rings. The third-order valence-electron chi connectivity index (χ3n) is 4.49. The van der Waals surface area contributed by atoms with Gasteiger partial charge in [-0.2, -0.15) is 0 Å². The second kappa shape index (κ2) is 17.9. The van der Waals surface area contributed by atoms with Crippen molar-refractivity contribution in [3.8, 4) is 0 Å². The molecule has 0 radical (unpaired) electrons. The van der Waals surface area contributed by atoms with Crippen LogP contribution in [0.25, 0.3) is 0 Å². The van der Waals surface area contributed by atoms with Crippen molar-refractivity contribution in [3.05, 3.63) is 0 Å². The van der Waals surface area contributed by atoms with Crippen LogP contribution < -0.4 is 0 Å². The van der Waals surface area contributed by atoms with Gasteiger partial charge in [0.1, 0.15) is 5.78 Å². The van der Waals surface area contributed by atoms with E-state index in [9.17, 15) is 4.79 Å². The summed E-state index contributed by atoms with van der Waals surface area (Å²) in [4.78, 5) is 11.8. The Morgan fingerprint density at radius 2 is 1.43 bits per heavy atom. The van der Waals surface area contributed by atoms with Crippen molar-refractivity contribution in [1.82, 2.24) is 0 Å². The Labute approximate surface area is 144 Å². The summed E-state index contributed by atoms with van der Waals surface area (Å²) in [5.74, 6) is 0.677. The van der Waals surface area contributed by atoms with E-state index in [1.807, 2.05) is 0 Å². The molecule has 23 heavy (non-hydrogen) atoms. The number of ether oxygens (including phenoxy) is 1. The van der Waals surface area contributed by atoms with E-state index in [-0.39, 0.29) is 12.5 Å². The van der Waals surface area contributed by atoms with Crippen LogP contribution in [0.1, 0.15) is 97.3 Å². The Hall–Kier alpha value is -0.410. The number of carbonyl (C=O) groups is 1. The first-order chi connectivity index (χ1) is 11.2. The van der Waals surface area contributed by atoms with Crippen LogP contribution in [0.3, 0.4) is 0 Å². The SMILES string of the molecule is CCCCCCCCCCC(=O)CCCCOCC(CC)CO. The van der Waals surface area contributed by atoms with Gasteiger partial charge in [-0.05, 0) is 25.7 Å². The number of ketones is 1. The molecular weight excluding hydrogens is 288 g/mol. The lowest BCUT2D eigenvalue weighted by molar-refractivity contribution is -0.119. The number of Topliss-reactive ketones (excluding diaryl/α,β-unsaturated/α-hetero) is 1. The van der Waals surface area contributed by atoms with E-state index in [0.717, 1.165) is 32.1 Å². The smallest absolute Gasteiger partial charge is 0.132 e. The lowest BCUT2D eigenvalue weighted by atomic mass is 10.0. The van der Waals surface area contributed by atoms with E-state index in [1.54, 1.807) is 0 Å². The van der Waals surface area contributed by atoms with Gasteiger partial charge in [0.05, 0.1) is 6.61 Å². The van der Waals surface area contributed by atoms with Crippen molar-refractivity contribution >= 4 is 5.78 Å². The quantitative estimate of drug-likeness (QED) is 0.348. The molecule has 0 saturated heterocycles. The van der Waals surface area contributed by atoms with Gasteiger partial charge in [-0.3, -0.25) is 4.79 Å². The van der Waals surface area contributed by atoms with Crippen LogP contribution in [0.15, 0.2) is 0 Å². The Morgan fingerprint density at radius 1 is 0.870 bits per heavy atom. The van der Waals surface area contributed by atoms with Gasteiger partial charge < -0.3 is 9.84 Å². The van der Waals surface area contributed by atoms with E-state index in [2.05, 4.69) is 13.8 Å². The van der Waals surface area contributed by atoms with Gasteiger partial charge in [0.15, 0.2) is 0 Å². The molecule has 1 atom stereocenters. The van der Waals surface area contributed by atoms with Crippen molar-refractivity contribution in [3.63, 3.8) is 0 Å². The zero-order chi connectivity index (χ0) is 17.2. The average molecular weight is 329 g/mol. The first kappa shape index (κ1) is 22.6. The van der Waals surface area contributed by atoms with Gasteiger partial charge in [0.25, 0.3) is 0 Å². The molecule has 3 heteroatoms. The predicted molar refractivity (Wildman–Crippen MR) is 97.8 cm³/mol. The molecule has 0 bridgehead atoms. The summed E-state index contributed by atoms with van der Waals surface area (Å²) >= 11 is 0. The molecule has 0 rings (SSSR count). The zero-order valence-corrected chi connectivity index (χ0v) is 15.7. The first-order valence-electron chi connectivity index (χ1n) is 9.94. The summed E-state index contributed by atoms with van der Waals surface area (Å²) in [6, 6.07) is 0. The molecular formula is C20H40O3. The molecule has 138 valence electrons. The van der Waals surface area contributed by atoms with E-state index in [4.69, 9.17) is 9.84 Å². The molecule has 0 fully saturated rings. The average Bonchev–Trinajstić information content (AvgIpc) is 2.56. The van der Waals surface area contributed by atoms with Crippen LogP contribution in [0.4, 0.5) is 0 Å². The Kier molecular flexibility index (Phi) is 17.6. The van der Waals surface area contributed by atoms with Crippen LogP contribution in [0.5, 0.6) is 0 Å². The van der Waals surface area contributed by atoms with Crippen LogP contribution in [-0.2, 0) is 9.53 Å². The molecule has 3 nitrogen and oxygen atoms in total. The Bertz CT molecular complexity index is 249. The molecule has 0 amide bonds. The molecule has 0 spiro atoms. The standard InChI is InChI=1S/C20H40O3/c1-3-5-6-7-8-9-10-11-14-20(22)15-12-13-16-23-18-19(4-2)17-21/h19,21H,3-18H2,1-2H3. The van der Waals surface area contributed by atoms with Gasteiger partial charge in [-0.1, -0.05) is 58.8 Å². The van der Waals surface area contributed by atoms with Crippen LogP contribution in [0.2, 0.25) is 0 Å². The van der Waals surface area contributed by atoms with Crippen molar-refractivity contribution in [2.24, 2.45) is 5.92 Å². The van der Waals surface area contributed by atoms with Crippen LogP contribution in [-0.4, -0.2) is 30.7 Å². The maximum atomic E-state index is 11.8. The lowest BCUT2D eigenvalue weighted by Gasteiger charge is -2.11. The fourth-order valence-corrected chi connectivity index (χ4v) is 2.66. The molecule has 1 N–H and O–H groups in total. The van der Waals surface area contributed by atoms with E-state index >= 15 is 0 Å². The fraction of sp³-hybridized carbons (Fsp3) is 0.950. The van der Waals surface area contributed by atoms with E-state index in [1.165, 1.54) is 44.9 Å². The summed E-state index contributed by atoms with van der Waals surface area (Å²) < 4.78 is 5.54. The highest BCUT2D eigenvalue weighted by Gasteiger charge is 2.05. The maximum Gasteiger partial charge on any atom is 0.132 e. The van der Waals surface area contributed by atoms with Crippen molar-refractivity contribution < 1.29 is 14.6 Å². The Balaban J connectivity index is 3.25. The van der Waals surface area contributed by atoms with Crippen molar-refractivity contribution in [2.75, 3.05) is 19.8 Å². The number of hydrogen-bond acceptors (Lipinski definition) is 3. The summed E-state index contributed by atoms with van der Waals surface area (Å²) in [6.45, 7) is 5.86. The number of unbranched alkanes of at least 4 members (excludes halogenated alkanes) is 8. The summed E-state index contributed by atoms with van der Waals surface area (Å²) in [5, 5.41) is 9.05. The predicted octanol–water partition coefficient (Wildman–Crippen LogP) is 5.29. The highest BCUT2D eigenvalue weighted by atomic mass is 16.5. The maximum absolute atomic E-state index is 11.8. The lowest BCUT2D eigenvalue weighted by Crippen LogP contribution is -2.13. The number of aliphatic hydroxyl groups excluding tert-OH is 1. The van der Waals surface area contributed by atoms with Crippen LogP contribution in [0, 0.1) is 5.92 Å². The summed E-state index contributed by atoms with van der Waals surface area (Å²) in [7, 11) is 0. The molecule has 0 aromatic rings. The minimum Gasteiger partial charge on any atom is -0.396 e. The molecule has 0 heterocycles. The second-order valence-electron chi connectivity index (χ2n) is 6.75. The Morgan fingerprint density at radius 3 is 2.00 bits per heavy atom. The van der Waals surface area contributed by atoms with Gasteiger partial charge in [0.2, 0.25) is 0 Å². The zero-order valence-electron chi connectivity index (χ0n) is 15.7. The van der Waals surface area contributed by atoms with E-state index in [0.29, 0.717) is 25.4 Å². The monoisotopic (exact) mass is 328 g/mol. The number of rotatable bonds is 18. The molecule has 0 aromatic heterocycles. The molecule has 0 aliphatic heterocycles. The molecule has 0 aliphatic carbocycles. The molecule has 0 aromatic carbocycles. The minimum atomic E-state index is 0.202. The third kappa shape index (κ3) is 16.2. The highest BCUT2D eigenvalue weighted by molar-refractivity contribution is 5.78. The minimum absolute atomic E-state index is 0.202. The summed E-state index contributed by atoms with van der Waals surface area (Å²) in [5.41, 5.74) is 0. The summed E-state index contributed by atoms with van der Waals surface area (Å²) in [6.07, 6.45) is 14.6. The molecule has 0 saturated carbocycles.